The summed E-state index contributed by atoms with van der Waals surface area (Å²) in [6, 6.07) is 0. The van der Waals surface area contributed by atoms with Crippen LogP contribution in [0.5, 0.6) is 0 Å². The molecular weight excluding hydrogens is 153 g/mol. The maximum atomic E-state index is 7.88. The van der Waals surface area contributed by atoms with Crippen LogP contribution in [0, 0.1) is 0 Å². The summed E-state index contributed by atoms with van der Waals surface area (Å²) in [6.07, 6.45) is 0. The predicted octanol–water partition coefficient (Wildman–Crippen LogP) is -0.772. The molecule has 0 aliphatic carbocycles. The minimum atomic E-state index is 0. The quantitative estimate of drug-likeness (QED) is 0.418. The van der Waals surface area contributed by atoms with Crippen LogP contribution in [0.1, 0.15) is 0 Å². The Hall–Kier alpha value is 1.81. The molecule has 0 atom stereocenters. The Balaban J connectivity index is -0.00000000500. The zero-order valence-corrected chi connectivity index (χ0v) is 3.27. The normalized spacial score (nSPS) is 1.50. The topological polar surface area (TPSA) is 17.1 Å². The van der Waals surface area contributed by atoms with Crippen LogP contribution in [0.4, 0.5) is 0 Å². The monoisotopic (exact) mass is 153 g/mol. The van der Waals surface area contributed by atoms with Crippen molar-refractivity contribution < 1.29 is 36.4 Å². The van der Waals surface area contributed by atoms with Gasteiger partial charge in [0.25, 0.3) is 0 Å². The molecule has 0 heterocycles. The first-order valence-electron chi connectivity index (χ1n) is 0.129. The van der Waals surface area contributed by atoms with E-state index in [9.17, 15) is 0 Å². The standard InChI is InChI=1S/Mn.Na.Ni.O.H. The first-order chi connectivity index (χ1) is 1.00. The molecule has 0 aliphatic rings. The van der Waals surface area contributed by atoms with Crippen LogP contribution in [0.15, 0.2) is 0 Å². The Labute approximate surface area is 65.2 Å². The number of hydrogen-bond acceptors (Lipinski definition) is 1. The average molecular weight is 154 g/mol. The van der Waals surface area contributed by atoms with Gasteiger partial charge in [-0.3, -0.25) is 0 Å². The Morgan fingerprint density at radius 2 is 1.25 bits per heavy atom. The van der Waals surface area contributed by atoms with E-state index in [2.05, 4.69) is 15.4 Å². The van der Waals surface area contributed by atoms with Gasteiger partial charge in [-0.25, -0.2) is 0 Å². The molecule has 0 aliphatic heterocycles. The molecule has 0 fully saturated rings. The fourth-order valence-electron chi connectivity index (χ4n) is 0. The first kappa shape index (κ1) is 17.0. The van der Waals surface area contributed by atoms with Gasteiger partial charge in [-0.15, -0.1) is 0 Å². The van der Waals surface area contributed by atoms with Crippen molar-refractivity contribution in [3.05, 3.63) is 0 Å². The molecule has 4 heteroatoms. The van der Waals surface area contributed by atoms with Gasteiger partial charge in [0.2, 0.25) is 0 Å². The SMILES string of the molecule is [Mn].[NaH].[O]=[Ni]. The van der Waals surface area contributed by atoms with Crippen LogP contribution in [0.25, 0.3) is 0 Å². The maximum absolute atomic E-state index is 7.88. The van der Waals surface area contributed by atoms with E-state index in [0.717, 1.165) is 0 Å². The van der Waals surface area contributed by atoms with Crippen molar-refractivity contribution in [2.45, 2.75) is 0 Å². The van der Waals surface area contributed by atoms with E-state index < -0.39 is 0 Å². The van der Waals surface area contributed by atoms with Gasteiger partial charge >= 0.3 is 48.8 Å². The molecule has 1 radical (unpaired) electrons. The first-order valence-corrected chi connectivity index (χ1v) is 0.532. The molecule has 4 heavy (non-hydrogen) atoms. The Bertz CT molecular complexity index is 8.00. The van der Waals surface area contributed by atoms with Gasteiger partial charge in [0, 0.05) is 17.1 Å². The second-order valence-corrected chi connectivity index (χ2v) is 0. The van der Waals surface area contributed by atoms with Crippen molar-refractivity contribution in [2.75, 3.05) is 0 Å². The molecule has 0 aromatic heterocycles. The number of rotatable bonds is 0. The van der Waals surface area contributed by atoms with Crippen molar-refractivity contribution in [1.29, 1.82) is 0 Å². The third kappa shape index (κ3) is 9.18. The Morgan fingerprint density at radius 3 is 1.25 bits per heavy atom. The predicted molar refractivity (Wildman–Crippen MR) is 7.84 cm³/mol. The third-order valence-electron chi connectivity index (χ3n) is 0. The molecule has 0 spiro atoms. The van der Waals surface area contributed by atoms with E-state index in [1.165, 1.54) is 0 Å². The molecule has 1 nitrogen and oxygen atoms in total. The molecule has 0 rings (SSSR count). The van der Waals surface area contributed by atoms with E-state index in [4.69, 9.17) is 3.90 Å². The zero-order valence-electron chi connectivity index (χ0n) is 1.10. The summed E-state index contributed by atoms with van der Waals surface area (Å²) in [6.45, 7) is 0. The van der Waals surface area contributed by atoms with E-state index in [1.54, 1.807) is 0 Å². The van der Waals surface area contributed by atoms with Gasteiger partial charge in [-0.05, 0) is 0 Å². The van der Waals surface area contributed by atoms with Crippen molar-refractivity contribution in [2.24, 2.45) is 0 Å². The van der Waals surface area contributed by atoms with E-state index in [1.807, 2.05) is 0 Å². The summed E-state index contributed by atoms with van der Waals surface area (Å²) in [5, 5.41) is 0. The molecule has 0 aromatic carbocycles. The molecule has 0 saturated carbocycles. The number of hydrogen-bond donors (Lipinski definition) is 0. The molecule has 0 aromatic rings. The van der Waals surface area contributed by atoms with Crippen LogP contribution in [0.2, 0.25) is 0 Å². The van der Waals surface area contributed by atoms with Gasteiger partial charge < -0.3 is 0 Å². The van der Waals surface area contributed by atoms with E-state index in [0.29, 0.717) is 0 Å². The molecular formula is HMnNaNiO. The van der Waals surface area contributed by atoms with Gasteiger partial charge in [0.1, 0.15) is 0 Å². The molecule has 0 bridgehead atoms. The van der Waals surface area contributed by atoms with Crippen molar-refractivity contribution in [3.63, 3.8) is 0 Å². The summed E-state index contributed by atoms with van der Waals surface area (Å²) >= 11 is 2.62. The van der Waals surface area contributed by atoms with Gasteiger partial charge in [-0.1, -0.05) is 0 Å². The minimum absolute atomic E-state index is 0. The molecule has 0 saturated heterocycles. The van der Waals surface area contributed by atoms with Crippen molar-refractivity contribution in [3.8, 4) is 0 Å². The fraction of sp³-hybridized carbons (Fsp3) is 0. The van der Waals surface area contributed by atoms with Crippen LogP contribution in [-0.2, 0) is 36.4 Å². The second kappa shape index (κ2) is 21.3. The third-order valence-corrected chi connectivity index (χ3v) is 0. The van der Waals surface area contributed by atoms with Gasteiger partial charge in [0.15, 0.2) is 0 Å². The summed E-state index contributed by atoms with van der Waals surface area (Å²) in [5.41, 5.74) is 0. The van der Waals surface area contributed by atoms with E-state index in [-0.39, 0.29) is 46.6 Å². The van der Waals surface area contributed by atoms with Crippen LogP contribution >= 0.6 is 0 Å². The fourth-order valence-corrected chi connectivity index (χ4v) is 0. The Kier molecular flexibility index (Phi) is 90.6. The molecule has 0 unspecified atom stereocenters. The van der Waals surface area contributed by atoms with Crippen LogP contribution < -0.4 is 0 Å². The molecule has 0 N–H and O–H groups in total. The zero-order chi connectivity index (χ0) is 2.00. The summed E-state index contributed by atoms with van der Waals surface area (Å²) in [5.74, 6) is 0. The van der Waals surface area contributed by atoms with Crippen LogP contribution in [-0.4, -0.2) is 29.6 Å². The molecule has 0 amide bonds. The summed E-state index contributed by atoms with van der Waals surface area (Å²) in [4.78, 5) is 0. The second-order valence-electron chi connectivity index (χ2n) is 0. The van der Waals surface area contributed by atoms with Crippen molar-refractivity contribution in [1.82, 2.24) is 0 Å². The molecule has 25 valence electrons. The average Bonchev–Trinajstić information content (AvgIpc) is 1.00. The van der Waals surface area contributed by atoms with Gasteiger partial charge in [0.05, 0.1) is 0 Å². The van der Waals surface area contributed by atoms with E-state index >= 15 is 0 Å². The summed E-state index contributed by atoms with van der Waals surface area (Å²) < 4.78 is 7.88. The Morgan fingerprint density at radius 1 is 1.25 bits per heavy atom. The van der Waals surface area contributed by atoms with Crippen molar-refractivity contribution >= 4 is 29.6 Å². The van der Waals surface area contributed by atoms with Gasteiger partial charge in [-0.2, -0.15) is 0 Å². The summed E-state index contributed by atoms with van der Waals surface area (Å²) in [7, 11) is 0. The van der Waals surface area contributed by atoms with Crippen LogP contribution in [0.3, 0.4) is 0 Å².